The third-order valence-corrected chi connectivity index (χ3v) is 5.98. The van der Waals surface area contributed by atoms with Crippen LogP contribution < -0.4 is 5.32 Å². The van der Waals surface area contributed by atoms with E-state index in [1.807, 2.05) is 0 Å². The lowest BCUT2D eigenvalue weighted by molar-refractivity contribution is -0.0353. The lowest BCUT2D eigenvalue weighted by atomic mass is 9.76. The van der Waals surface area contributed by atoms with Gasteiger partial charge in [-0.1, -0.05) is 19.3 Å². The van der Waals surface area contributed by atoms with Gasteiger partial charge < -0.3 is 10.1 Å². The van der Waals surface area contributed by atoms with Crippen molar-refractivity contribution < 1.29 is 4.74 Å². The molecule has 1 spiro atoms. The summed E-state index contributed by atoms with van der Waals surface area (Å²) >= 11 is 0. The van der Waals surface area contributed by atoms with Gasteiger partial charge in [-0.2, -0.15) is 0 Å². The molecule has 3 rings (SSSR count). The molecule has 1 heterocycles. The molecule has 1 saturated heterocycles. The lowest BCUT2D eigenvalue weighted by Gasteiger charge is -2.55. The zero-order valence-electron chi connectivity index (χ0n) is 13.4. The quantitative estimate of drug-likeness (QED) is 0.784. The molecule has 0 bridgehead atoms. The second-order valence-electron chi connectivity index (χ2n) is 7.45. The van der Waals surface area contributed by atoms with Crippen LogP contribution in [-0.4, -0.2) is 48.8 Å². The maximum atomic E-state index is 5.65. The van der Waals surface area contributed by atoms with Crippen molar-refractivity contribution in [2.24, 2.45) is 5.92 Å². The normalized spacial score (nSPS) is 34.5. The fourth-order valence-corrected chi connectivity index (χ4v) is 4.43. The molecule has 3 fully saturated rings. The minimum Gasteiger partial charge on any atom is -0.380 e. The van der Waals surface area contributed by atoms with Crippen molar-refractivity contribution in [1.82, 2.24) is 10.2 Å². The highest BCUT2D eigenvalue weighted by Gasteiger charge is 2.50. The van der Waals surface area contributed by atoms with E-state index in [-0.39, 0.29) is 0 Å². The summed E-state index contributed by atoms with van der Waals surface area (Å²) in [4.78, 5) is 2.80. The molecule has 1 unspecified atom stereocenters. The van der Waals surface area contributed by atoms with Gasteiger partial charge in [0.15, 0.2) is 0 Å². The monoisotopic (exact) mass is 280 g/mol. The Kier molecular flexibility index (Phi) is 4.40. The van der Waals surface area contributed by atoms with Crippen molar-refractivity contribution >= 4 is 0 Å². The van der Waals surface area contributed by atoms with Crippen molar-refractivity contribution in [2.45, 2.75) is 69.9 Å². The van der Waals surface area contributed by atoms with E-state index in [0.717, 1.165) is 25.7 Å². The highest BCUT2D eigenvalue weighted by Crippen LogP contribution is 2.45. The first-order valence-electron chi connectivity index (χ1n) is 8.76. The third-order valence-electron chi connectivity index (χ3n) is 5.98. The number of ether oxygens (including phenoxy) is 1. The second-order valence-corrected chi connectivity index (χ2v) is 7.45. The molecular weight excluding hydrogens is 248 g/mol. The molecule has 0 amide bonds. The van der Waals surface area contributed by atoms with Crippen molar-refractivity contribution in [3.8, 4) is 0 Å². The highest BCUT2D eigenvalue weighted by molar-refractivity contribution is 5.09. The van der Waals surface area contributed by atoms with Crippen molar-refractivity contribution in [1.29, 1.82) is 0 Å². The van der Waals surface area contributed by atoms with E-state index in [2.05, 4.69) is 24.1 Å². The van der Waals surface area contributed by atoms with Crippen LogP contribution in [0.1, 0.15) is 58.8 Å². The molecule has 1 aliphatic heterocycles. The van der Waals surface area contributed by atoms with E-state index in [4.69, 9.17) is 4.74 Å². The van der Waals surface area contributed by atoms with Gasteiger partial charge in [0.25, 0.3) is 0 Å². The average Bonchev–Trinajstić information content (AvgIpc) is 3.30. The van der Waals surface area contributed by atoms with Crippen LogP contribution in [0.2, 0.25) is 0 Å². The molecule has 0 aromatic heterocycles. The molecule has 2 aliphatic carbocycles. The Balaban J connectivity index is 1.69. The summed E-state index contributed by atoms with van der Waals surface area (Å²) in [6, 6.07) is 0. The SMILES string of the molecule is CCOCCN1CC(C)(C2CC2)NCC12CCCCC2. The van der Waals surface area contributed by atoms with E-state index in [0.29, 0.717) is 11.1 Å². The van der Waals surface area contributed by atoms with Gasteiger partial charge in [-0.3, -0.25) is 4.90 Å². The Morgan fingerprint density at radius 2 is 1.95 bits per heavy atom. The molecule has 0 aromatic rings. The molecule has 2 saturated carbocycles. The van der Waals surface area contributed by atoms with Gasteiger partial charge in [-0.25, -0.2) is 0 Å². The van der Waals surface area contributed by atoms with Crippen molar-refractivity contribution in [3.63, 3.8) is 0 Å². The largest absolute Gasteiger partial charge is 0.380 e. The van der Waals surface area contributed by atoms with E-state index in [9.17, 15) is 0 Å². The fraction of sp³-hybridized carbons (Fsp3) is 1.00. The zero-order valence-corrected chi connectivity index (χ0v) is 13.4. The van der Waals surface area contributed by atoms with Crippen LogP contribution in [0.5, 0.6) is 0 Å². The first-order valence-corrected chi connectivity index (χ1v) is 8.76. The fourth-order valence-electron chi connectivity index (χ4n) is 4.43. The topological polar surface area (TPSA) is 24.5 Å². The summed E-state index contributed by atoms with van der Waals surface area (Å²) in [5.41, 5.74) is 0.790. The van der Waals surface area contributed by atoms with E-state index >= 15 is 0 Å². The van der Waals surface area contributed by atoms with E-state index in [1.165, 1.54) is 58.0 Å². The maximum absolute atomic E-state index is 5.65. The predicted octanol–water partition coefficient (Wildman–Crippen LogP) is 2.80. The van der Waals surface area contributed by atoms with Crippen LogP contribution in [-0.2, 0) is 4.74 Å². The van der Waals surface area contributed by atoms with Gasteiger partial charge in [-0.15, -0.1) is 0 Å². The van der Waals surface area contributed by atoms with Crippen LogP contribution >= 0.6 is 0 Å². The van der Waals surface area contributed by atoms with E-state index < -0.39 is 0 Å². The number of rotatable bonds is 5. The van der Waals surface area contributed by atoms with Gasteiger partial charge in [0.2, 0.25) is 0 Å². The van der Waals surface area contributed by atoms with Crippen LogP contribution in [0, 0.1) is 5.92 Å². The number of hydrogen-bond donors (Lipinski definition) is 1. The zero-order chi connectivity index (χ0) is 14.1. The number of hydrogen-bond acceptors (Lipinski definition) is 3. The lowest BCUT2D eigenvalue weighted by Crippen LogP contribution is -2.70. The van der Waals surface area contributed by atoms with Crippen LogP contribution in [0.3, 0.4) is 0 Å². The number of nitrogens with zero attached hydrogens (tertiary/aromatic N) is 1. The summed E-state index contributed by atoms with van der Waals surface area (Å²) in [6.07, 6.45) is 9.87. The van der Waals surface area contributed by atoms with E-state index in [1.54, 1.807) is 0 Å². The number of nitrogens with one attached hydrogen (secondary N) is 1. The first-order chi connectivity index (χ1) is 9.69. The molecule has 116 valence electrons. The Morgan fingerprint density at radius 1 is 1.20 bits per heavy atom. The van der Waals surface area contributed by atoms with Crippen LogP contribution in [0.4, 0.5) is 0 Å². The third kappa shape index (κ3) is 2.90. The molecule has 3 heteroatoms. The molecule has 1 atom stereocenters. The standard InChI is InChI=1S/C17H32N2O/c1-3-20-12-11-19-14-16(2,15-7-8-15)18-13-17(19)9-5-4-6-10-17/h15,18H,3-14H2,1-2H3. The summed E-state index contributed by atoms with van der Waals surface area (Å²) < 4.78 is 5.65. The second kappa shape index (κ2) is 5.94. The van der Waals surface area contributed by atoms with Crippen LogP contribution in [0.25, 0.3) is 0 Å². The first kappa shape index (κ1) is 14.8. The van der Waals surface area contributed by atoms with Gasteiger partial charge in [-0.05, 0) is 45.4 Å². The minimum absolute atomic E-state index is 0.356. The molecule has 0 radical (unpaired) electrons. The van der Waals surface area contributed by atoms with Crippen molar-refractivity contribution in [3.05, 3.63) is 0 Å². The van der Waals surface area contributed by atoms with Gasteiger partial charge in [0, 0.05) is 37.3 Å². The predicted molar refractivity (Wildman–Crippen MR) is 83.0 cm³/mol. The summed E-state index contributed by atoms with van der Waals surface area (Å²) in [7, 11) is 0. The smallest absolute Gasteiger partial charge is 0.0593 e. The highest BCUT2D eigenvalue weighted by atomic mass is 16.5. The Labute approximate surface area is 124 Å². The van der Waals surface area contributed by atoms with Crippen LogP contribution in [0.15, 0.2) is 0 Å². The Hall–Kier alpha value is -0.120. The van der Waals surface area contributed by atoms with Gasteiger partial charge in [0.1, 0.15) is 0 Å². The molecular formula is C17H32N2O. The number of piperazine rings is 1. The molecule has 20 heavy (non-hydrogen) atoms. The molecule has 0 aromatic carbocycles. The minimum atomic E-state index is 0.356. The van der Waals surface area contributed by atoms with Crippen molar-refractivity contribution in [2.75, 3.05) is 32.8 Å². The molecule has 3 aliphatic rings. The average molecular weight is 280 g/mol. The summed E-state index contributed by atoms with van der Waals surface area (Å²) in [5, 5.41) is 3.96. The Morgan fingerprint density at radius 3 is 2.60 bits per heavy atom. The van der Waals surface area contributed by atoms with Gasteiger partial charge >= 0.3 is 0 Å². The maximum Gasteiger partial charge on any atom is 0.0593 e. The molecule has 3 nitrogen and oxygen atoms in total. The molecule has 1 N–H and O–H groups in total. The summed E-state index contributed by atoms with van der Waals surface area (Å²) in [6.45, 7) is 9.85. The van der Waals surface area contributed by atoms with Gasteiger partial charge in [0.05, 0.1) is 6.61 Å². The summed E-state index contributed by atoms with van der Waals surface area (Å²) in [5.74, 6) is 0.915. The Bertz CT molecular complexity index is 323.